The van der Waals surface area contributed by atoms with Crippen LogP contribution in [0.15, 0.2) is 29.3 Å². The van der Waals surface area contributed by atoms with Gasteiger partial charge in [-0.05, 0) is 47.5 Å². The lowest BCUT2D eigenvalue weighted by atomic mass is 10.2. The average Bonchev–Trinajstić information content (AvgIpc) is 2.88. The van der Waals surface area contributed by atoms with Crippen molar-refractivity contribution in [3.63, 3.8) is 0 Å². The zero-order chi connectivity index (χ0) is 14.0. The first-order chi connectivity index (χ1) is 8.99. The van der Waals surface area contributed by atoms with Crippen molar-refractivity contribution >= 4 is 27.5 Å². The Morgan fingerprint density at radius 2 is 2.26 bits per heavy atom. The quantitative estimate of drug-likeness (QED) is 0.943. The van der Waals surface area contributed by atoms with Gasteiger partial charge in [0.05, 0.1) is 4.47 Å². The maximum Gasteiger partial charge on any atom is 0.249 e. The minimum Gasteiger partial charge on any atom is -0.324 e. The van der Waals surface area contributed by atoms with Gasteiger partial charge in [-0.25, -0.2) is 14.1 Å². The molecule has 0 aliphatic carbocycles. The van der Waals surface area contributed by atoms with Gasteiger partial charge in [0.1, 0.15) is 24.5 Å². The zero-order valence-corrected chi connectivity index (χ0v) is 12.0. The molecule has 1 aromatic heterocycles. The van der Waals surface area contributed by atoms with Gasteiger partial charge in [-0.2, -0.15) is 5.10 Å². The van der Waals surface area contributed by atoms with Crippen molar-refractivity contribution in [3.8, 4) is 0 Å². The van der Waals surface area contributed by atoms with Crippen LogP contribution in [0.25, 0.3) is 0 Å². The Bertz CT molecular complexity index is 600. The number of rotatable bonds is 3. The summed E-state index contributed by atoms with van der Waals surface area (Å²) in [7, 11) is 0. The van der Waals surface area contributed by atoms with E-state index < -0.39 is 6.04 Å². The highest BCUT2D eigenvalue weighted by atomic mass is 79.9. The molecule has 2 aromatic rings. The van der Waals surface area contributed by atoms with Crippen molar-refractivity contribution in [1.82, 2.24) is 14.8 Å². The maximum atomic E-state index is 13.3. The molecule has 1 unspecified atom stereocenters. The summed E-state index contributed by atoms with van der Waals surface area (Å²) in [5, 5.41) is 6.65. The predicted octanol–water partition coefficient (Wildman–Crippen LogP) is 2.69. The summed E-state index contributed by atoms with van der Waals surface area (Å²) in [5.41, 5.74) is 1.21. The number of carbonyl (C=O) groups excluding carboxylic acids is 1. The fourth-order valence-corrected chi connectivity index (χ4v) is 1.90. The number of hydrogen-bond donors (Lipinski definition) is 1. The average molecular weight is 327 g/mol. The van der Waals surface area contributed by atoms with Gasteiger partial charge in [0.2, 0.25) is 5.91 Å². The second-order valence-corrected chi connectivity index (χ2v) is 4.98. The monoisotopic (exact) mass is 326 g/mol. The highest BCUT2D eigenvalue weighted by Gasteiger charge is 2.17. The van der Waals surface area contributed by atoms with Crippen LogP contribution in [0.4, 0.5) is 10.1 Å². The molecule has 1 aromatic carbocycles. The summed E-state index contributed by atoms with van der Waals surface area (Å²) in [6.07, 6.45) is 2.83. The smallest absolute Gasteiger partial charge is 0.249 e. The number of anilines is 1. The molecule has 0 aliphatic heterocycles. The number of aromatic nitrogens is 3. The van der Waals surface area contributed by atoms with E-state index in [1.165, 1.54) is 29.5 Å². The number of amides is 1. The summed E-state index contributed by atoms with van der Waals surface area (Å²) in [4.78, 5) is 15.8. The highest BCUT2D eigenvalue weighted by molar-refractivity contribution is 9.10. The van der Waals surface area contributed by atoms with E-state index in [4.69, 9.17) is 0 Å². The topological polar surface area (TPSA) is 59.8 Å². The Kier molecular flexibility index (Phi) is 3.94. The number of nitrogens with one attached hydrogen (secondary N) is 1. The molecule has 1 amide bonds. The lowest BCUT2D eigenvalue weighted by Gasteiger charge is -2.14. The molecule has 2 rings (SSSR count). The van der Waals surface area contributed by atoms with Crippen molar-refractivity contribution in [2.75, 3.05) is 5.32 Å². The third-order valence-corrected chi connectivity index (χ3v) is 3.35. The summed E-state index contributed by atoms with van der Waals surface area (Å²) in [6, 6.07) is 2.40. The molecule has 0 spiro atoms. The Balaban J connectivity index is 2.17. The summed E-state index contributed by atoms with van der Waals surface area (Å²) in [5.74, 6) is -0.605. The Labute approximate surface area is 118 Å². The van der Waals surface area contributed by atoms with E-state index in [1.807, 2.05) is 0 Å². The van der Waals surface area contributed by atoms with Crippen molar-refractivity contribution in [2.24, 2.45) is 0 Å². The zero-order valence-electron chi connectivity index (χ0n) is 10.4. The molecule has 7 heteroatoms. The molecule has 0 fully saturated rings. The third kappa shape index (κ3) is 2.98. The Morgan fingerprint density at radius 3 is 2.89 bits per heavy atom. The number of aryl methyl sites for hydroxylation is 1. The van der Waals surface area contributed by atoms with E-state index in [2.05, 4.69) is 31.3 Å². The van der Waals surface area contributed by atoms with E-state index in [9.17, 15) is 9.18 Å². The van der Waals surface area contributed by atoms with Gasteiger partial charge in [-0.3, -0.25) is 4.79 Å². The SMILES string of the molecule is Cc1cc(F)c(Br)cc1NC(=O)C(C)n1cncn1. The Morgan fingerprint density at radius 1 is 1.53 bits per heavy atom. The van der Waals surface area contributed by atoms with E-state index in [0.29, 0.717) is 15.7 Å². The summed E-state index contributed by atoms with van der Waals surface area (Å²) >= 11 is 3.09. The standard InChI is InChI=1S/C12H12BrFN4O/c1-7-3-10(14)9(13)4-11(7)17-12(19)8(2)18-6-15-5-16-18/h3-6,8H,1-2H3,(H,17,19). The number of benzene rings is 1. The van der Waals surface area contributed by atoms with Gasteiger partial charge in [0.25, 0.3) is 0 Å². The predicted molar refractivity (Wildman–Crippen MR) is 72.2 cm³/mol. The van der Waals surface area contributed by atoms with Crippen LogP contribution in [0.3, 0.4) is 0 Å². The molecule has 1 N–H and O–H groups in total. The molecule has 1 atom stereocenters. The summed E-state index contributed by atoms with van der Waals surface area (Å²) in [6.45, 7) is 3.43. The normalized spacial score (nSPS) is 12.2. The molecule has 0 saturated carbocycles. The van der Waals surface area contributed by atoms with Gasteiger partial charge in [-0.1, -0.05) is 0 Å². The van der Waals surface area contributed by atoms with Crippen LogP contribution >= 0.6 is 15.9 Å². The van der Waals surface area contributed by atoms with Crippen LogP contribution in [0, 0.1) is 12.7 Å². The fraction of sp³-hybridized carbons (Fsp3) is 0.250. The van der Waals surface area contributed by atoms with E-state index in [0.717, 1.165) is 0 Å². The number of halogens is 2. The molecule has 19 heavy (non-hydrogen) atoms. The maximum absolute atomic E-state index is 13.3. The molecular formula is C12H12BrFN4O. The van der Waals surface area contributed by atoms with Crippen molar-refractivity contribution in [3.05, 3.63) is 40.6 Å². The number of nitrogens with zero attached hydrogens (tertiary/aromatic N) is 3. The first-order valence-corrected chi connectivity index (χ1v) is 6.39. The van der Waals surface area contributed by atoms with E-state index in [-0.39, 0.29) is 11.7 Å². The third-order valence-electron chi connectivity index (χ3n) is 2.74. The lowest BCUT2D eigenvalue weighted by molar-refractivity contribution is -0.119. The van der Waals surface area contributed by atoms with Crippen LogP contribution in [0.5, 0.6) is 0 Å². The van der Waals surface area contributed by atoms with E-state index >= 15 is 0 Å². The van der Waals surface area contributed by atoms with Crippen LogP contribution in [0.1, 0.15) is 18.5 Å². The first-order valence-electron chi connectivity index (χ1n) is 5.59. The first kappa shape index (κ1) is 13.7. The van der Waals surface area contributed by atoms with Crippen LogP contribution in [0.2, 0.25) is 0 Å². The fourth-order valence-electron chi connectivity index (χ4n) is 1.56. The van der Waals surface area contributed by atoms with Crippen molar-refractivity contribution in [1.29, 1.82) is 0 Å². The second-order valence-electron chi connectivity index (χ2n) is 4.12. The van der Waals surface area contributed by atoms with Gasteiger partial charge >= 0.3 is 0 Å². The highest BCUT2D eigenvalue weighted by Crippen LogP contribution is 2.24. The van der Waals surface area contributed by atoms with Crippen molar-refractivity contribution < 1.29 is 9.18 Å². The largest absolute Gasteiger partial charge is 0.324 e. The molecule has 1 heterocycles. The second kappa shape index (κ2) is 5.48. The van der Waals surface area contributed by atoms with E-state index in [1.54, 1.807) is 13.8 Å². The molecule has 5 nitrogen and oxygen atoms in total. The molecule has 0 aliphatic rings. The Hall–Kier alpha value is -1.76. The molecule has 0 saturated heterocycles. The van der Waals surface area contributed by atoms with Gasteiger partial charge in [0.15, 0.2) is 0 Å². The van der Waals surface area contributed by atoms with Gasteiger partial charge in [-0.15, -0.1) is 0 Å². The minimum absolute atomic E-state index is 0.243. The van der Waals surface area contributed by atoms with Gasteiger partial charge in [0, 0.05) is 5.69 Å². The van der Waals surface area contributed by atoms with Crippen molar-refractivity contribution in [2.45, 2.75) is 19.9 Å². The minimum atomic E-state index is -0.495. The molecule has 0 bridgehead atoms. The van der Waals surface area contributed by atoms with Crippen LogP contribution < -0.4 is 5.32 Å². The molecule has 100 valence electrons. The van der Waals surface area contributed by atoms with Gasteiger partial charge < -0.3 is 5.32 Å². The summed E-state index contributed by atoms with van der Waals surface area (Å²) < 4.78 is 15.1. The molecular weight excluding hydrogens is 315 g/mol. The number of hydrogen-bond acceptors (Lipinski definition) is 3. The number of carbonyl (C=O) groups is 1. The lowest BCUT2D eigenvalue weighted by Crippen LogP contribution is -2.24. The molecule has 0 radical (unpaired) electrons. The van der Waals surface area contributed by atoms with Crippen LogP contribution in [-0.4, -0.2) is 20.7 Å². The van der Waals surface area contributed by atoms with Crippen LogP contribution in [-0.2, 0) is 4.79 Å².